The van der Waals surface area contributed by atoms with Gasteiger partial charge < -0.3 is 5.32 Å². The van der Waals surface area contributed by atoms with Gasteiger partial charge in [0.1, 0.15) is 5.82 Å². The Bertz CT molecular complexity index is 363. The minimum Gasteiger partial charge on any atom is -0.313 e. The number of rotatable bonds is 4. The van der Waals surface area contributed by atoms with Crippen LogP contribution in [-0.2, 0) is 0 Å². The Morgan fingerprint density at radius 3 is 2.81 bits per heavy atom. The highest BCUT2D eigenvalue weighted by Gasteiger charge is 2.23. The van der Waals surface area contributed by atoms with E-state index in [4.69, 9.17) is 0 Å². The van der Waals surface area contributed by atoms with E-state index >= 15 is 0 Å². The molecular formula is C13H17BrFN. The van der Waals surface area contributed by atoms with Gasteiger partial charge in [0, 0.05) is 16.1 Å². The molecule has 0 bridgehead atoms. The highest BCUT2D eigenvalue weighted by Crippen LogP contribution is 2.35. The summed E-state index contributed by atoms with van der Waals surface area (Å²) in [6.07, 6.45) is 4.98. The van der Waals surface area contributed by atoms with E-state index in [1.54, 1.807) is 6.07 Å². The van der Waals surface area contributed by atoms with Crippen molar-refractivity contribution < 1.29 is 4.39 Å². The molecule has 0 spiro atoms. The summed E-state index contributed by atoms with van der Waals surface area (Å²) in [5, 5.41) is 3.22. The van der Waals surface area contributed by atoms with E-state index in [2.05, 4.69) is 21.2 Å². The molecule has 3 heteroatoms. The van der Waals surface area contributed by atoms with Crippen molar-refractivity contribution in [3.05, 3.63) is 34.1 Å². The summed E-state index contributed by atoms with van der Waals surface area (Å²) in [7, 11) is 1.91. The maximum atomic E-state index is 13.7. The van der Waals surface area contributed by atoms with E-state index in [1.165, 1.54) is 25.3 Å². The van der Waals surface area contributed by atoms with E-state index in [1.807, 2.05) is 13.1 Å². The third kappa shape index (κ3) is 2.64. The maximum absolute atomic E-state index is 13.7. The SMILES string of the molecule is CNC(CC1CCC1)c1cc(Br)ccc1F. The Hall–Kier alpha value is -0.410. The Morgan fingerprint density at radius 2 is 2.25 bits per heavy atom. The average molecular weight is 286 g/mol. The fraction of sp³-hybridized carbons (Fsp3) is 0.538. The number of hydrogen-bond donors (Lipinski definition) is 1. The first-order chi connectivity index (χ1) is 7.70. The minimum atomic E-state index is -0.109. The van der Waals surface area contributed by atoms with Gasteiger partial charge in [0.05, 0.1) is 0 Å². The molecule has 0 aromatic heterocycles. The van der Waals surface area contributed by atoms with Crippen molar-refractivity contribution in [3.8, 4) is 0 Å². The third-order valence-electron chi connectivity index (χ3n) is 3.48. The zero-order chi connectivity index (χ0) is 11.5. The van der Waals surface area contributed by atoms with Gasteiger partial charge in [0.2, 0.25) is 0 Å². The van der Waals surface area contributed by atoms with E-state index in [9.17, 15) is 4.39 Å². The number of nitrogens with one attached hydrogen (secondary N) is 1. The fourth-order valence-electron chi connectivity index (χ4n) is 2.24. The van der Waals surface area contributed by atoms with Crippen molar-refractivity contribution in [3.63, 3.8) is 0 Å². The van der Waals surface area contributed by atoms with E-state index in [0.717, 1.165) is 22.4 Å². The molecule has 1 saturated carbocycles. The van der Waals surface area contributed by atoms with Crippen LogP contribution in [0, 0.1) is 11.7 Å². The second-order valence-electron chi connectivity index (χ2n) is 4.54. The normalized spacial score (nSPS) is 18.2. The molecule has 1 N–H and O–H groups in total. The molecule has 0 aliphatic heterocycles. The summed E-state index contributed by atoms with van der Waals surface area (Å²) in [5.74, 6) is 0.665. The van der Waals surface area contributed by atoms with Crippen molar-refractivity contribution in [2.24, 2.45) is 5.92 Å². The van der Waals surface area contributed by atoms with Gasteiger partial charge in [-0.3, -0.25) is 0 Å². The largest absolute Gasteiger partial charge is 0.313 e. The summed E-state index contributed by atoms with van der Waals surface area (Å²) in [6.45, 7) is 0. The zero-order valence-corrected chi connectivity index (χ0v) is 11.1. The smallest absolute Gasteiger partial charge is 0.128 e. The third-order valence-corrected chi connectivity index (χ3v) is 3.97. The van der Waals surface area contributed by atoms with Crippen LogP contribution in [0.15, 0.2) is 22.7 Å². The van der Waals surface area contributed by atoms with Gasteiger partial charge >= 0.3 is 0 Å². The molecule has 0 saturated heterocycles. The van der Waals surface area contributed by atoms with Crippen LogP contribution in [0.5, 0.6) is 0 Å². The summed E-state index contributed by atoms with van der Waals surface area (Å²) >= 11 is 3.40. The van der Waals surface area contributed by atoms with Gasteiger partial charge in [-0.25, -0.2) is 4.39 Å². The molecule has 2 rings (SSSR count). The molecule has 1 aromatic carbocycles. The predicted molar refractivity (Wildman–Crippen MR) is 67.9 cm³/mol. The Balaban J connectivity index is 2.14. The minimum absolute atomic E-state index is 0.109. The van der Waals surface area contributed by atoms with E-state index < -0.39 is 0 Å². The van der Waals surface area contributed by atoms with Crippen molar-refractivity contribution in [1.29, 1.82) is 0 Å². The van der Waals surface area contributed by atoms with Crippen LogP contribution in [0.4, 0.5) is 4.39 Å². The van der Waals surface area contributed by atoms with Crippen LogP contribution in [0.1, 0.15) is 37.3 Å². The summed E-state index contributed by atoms with van der Waals surface area (Å²) in [5.41, 5.74) is 0.781. The molecule has 1 aromatic rings. The second kappa shape index (κ2) is 5.28. The molecule has 1 fully saturated rings. The van der Waals surface area contributed by atoms with Crippen LogP contribution in [0.25, 0.3) is 0 Å². The van der Waals surface area contributed by atoms with Gasteiger partial charge in [-0.2, -0.15) is 0 Å². The van der Waals surface area contributed by atoms with Crippen LogP contribution >= 0.6 is 15.9 Å². The highest BCUT2D eigenvalue weighted by atomic mass is 79.9. The van der Waals surface area contributed by atoms with Gasteiger partial charge in [0.15, 0.2) is 0 Å². The lowest BCUT2D eigenvalue weighted by Crippen LogP contribution is -2.24. The van der Waals surface area contributed by atoms with Crippen LogP contribution < -0.4 is 5.32 Å². The molecule has 88 valence electrons. The quantitative estimate of drug-likeness (QED) is 0.881. The molecule has 1 nitrogen and oxygen atoms in total. The van der Waals surface area contributed by atoms with Gasteiger partial charge in [-0.1, -0.05) is 35.2 Å². The van der Waals surface area contributed by atoms with E-state index in [-0.39, 0.29) is 11.9 Å². The lowest BCUT2D eigenvalue weighted by atomic mass is 9.79. The lowest BCUT2D eigenvalue weighted by Gasteiger charge is -2.30. The van der Waals surface area contributed by atoms with Gasteiger partial charge in [-0.15, -0.1) is 0 Å². The number of benzene rings is 1. The molecule has 1 unspecified atom stereocenters. The highest BCUT2D eigenvalue weighted by molar-refractivity contribution is 9.10. The van der Waals surface area contributed by atoms with Gasteiger partial charge in [0.25, 0.3) is 0 Å². The van der Waals surface area contributed by atoms with Gasteiger partial charge in [-0.05, 0) is 37.6 Å². The average Bonchev–Trinajstić information content (AvgIpc) is 2.21. The van der Waals surface area contributed by atoms with Crippen molar-refractivity contribution in [2.75, 3.05) is 7.05 Å². The molecule has 0 heterocycles. The molecule has 16 heavy (non-hydrogen) atoms. The molecule has 0 amide bonds. The van der Waals surface area contributed by atoms with Crippen molar-refractivity contribution in [2.45, 2.75) is 31.7 Å². The fourth-order valence-corrected chi connectivity index (χ4v) is 2.62. The van der Waals surface area contributed by atoms with Crippen LogP contribution in [0.2, 0.25) is 0 Å². The zero-order valence-electron chi connectivity index (χ0n) is 9.47. The molecule has 1 atom stereocenters. The predicted octanol–water partition coefficient (Wildman–Crippen LogP) is 4.04. The van der Waals surface area contributed by atoms with E-state index in [0.29, 0.717) is 0 Å². The standard InChI is InChI=1S/C13H17BrFN/c1-16-13(7-9-3-2-4-9)11-8-10(14)5-6-12(11)15/h5-6,8-9,13,16H,2-4,7H2,1H3. The lowest BCUT2D eigenvalue weighted by molar-refractivity contribution is 0.263. The second-order valence-corrected chi connectivity index (χ2v) is 5.46. The summed E-state index contributed by atoms with van der Waals surface area (Å²) < 4.78 is 14.7. The maximum Gasteiger partial charge on any atom is 0.128 e. The molecule has 0 radical (unpaired) electrons. The topological polar surface area (TPSA) is 12.0 Å². The summed E-state index contributed by atoms with van der Waals surface area (Å²) in [6, 6.07) is 5.30. The van der Waals surface area contributed by atoms with Crippen LogP contribution in [0.3, 0.4) is 0 Å². The van der Waals surface area contributed by atoms with Crippen LogP contribution in [-0.4, -0.2) is 7.05 Å². The summed E-state index contributed by atoms with van der Waals surface area (Å²) in [4.78, 5) is 0. The first-order valence-electron chi connectivity index (χ1n) is 5.83. The Kier molecular flexibility index (Phi) is 3.98. The van der Waals surface area contributed by atoms with Crippen molar-refractivity contribution in [1.82, 2.24) is 5.32 Å². The first kappa shape index (κ1) is 12.1. The number of hydrogen-bond acceptors (Lipinski definition) is 1. The van der Waals surface area contributed by atoms with Crippen molar-refractivity contribution >= 4 is 15.9 Å². The Morgan fingerprint density at radius 1 is 1.50 bits per heavy atom. The molecule has 1 aliphatic rings. The molecule has 1 aliphatic carbocycles. The number of halogens is 2. The first-order valence-corrected chi connectivity index (χ1v) is 6.62. The monoisotopic (exact) mass is 285 g/mol. The molecular weight excluding hydrogens is 269 g/mol. The Labute approximate surface area is 105 Å².